The van der Waals surface area contributed by atoms with Crippen LogP contribution in [0.25, 0.3) is 0 Å². The Bertz CT molecular complexity index is 591. The summed E-state index contributed by atoms with van der Waals surface area (Å²) >= 11 is 11.7. The van der Waals surface area contributed by atoms with Crippen LogP contribution >= 0.6 is 23.2 Å². The first kappa shape index (κ1) is 16.0. The van der Waals surface area contributed by atoms with Crippen molar-refractivity contribution in [3.63, 3.8) is 0 Å². The van der Waals surface area contributed by atoms with Gasteiger partial charge in [-0.25, -0.2) is 8.42 Å². The zero-order valence-electron chi connectivity index (χ0n) is 11.1. The van der Waals surface area contributed by atoms with Gasteiger partial charge in [-0.3, -0.25) is 0 Å². The molecule has 0 amide bonds. The fraction of sp³-hybridized carbons (Fsp3) is 0.538. The van der Waals surface area contributed by atoms with Crippen LogP contribution in [0.4, 0.5) is 0 Å². The molecule has 1 aliphatic rings. The average molecular weight is 338 g/mol. The third-order valence-electron chi connectivity index (χ3n) is 3.73. The van der Waals surface area contributed by atoms with Gasteiger partial charge in [0.15, 0.2) is 0 Å². The number of hydrogen-bond donors (Lipinski definition) is 1. The van der Waals surface area contributed by atoms with Gasteiger partial charge in [0.25, 0.3) is 0 Å². The van der Waals surface area contributed by atoms with E-state index in [1.54, 1.807) is 0 Å². The second kappa shape index (κ2) is 6.20. The predicted molar refractivity (Wildman–Crippen MR) is 79.7 cm³/mol. The van der Waals surface area contributed by atoms with Gasteiger partial charge in [0.2, 0.25) is 10.0 Å². The Morgan fingerprint density at radius 3 is 2.45 bits per heavy atom. The van der Waals surface area contributed by atoms with E-state index in [9.17, 15) is 13.5 Å². The van der Waals surface area contributed by atoms with Crippen LogP contribution in [0, 0.1) is 0 Å². The molecule has 2 rings (SSSR count). The SMILES string of the molecule is CN(C1CCCCC1O)S(=O)(=O)c1ccc(Cl)c(Cl)c1. The van der Waals surface area contributed by atoms with Gasteiger partial charge in [-0.1, -0.05) is 36.0 Å². The van der Waals surface area contributed by atoms with E-state index in [2.05, 4.69) is 0 Å². The van der Waals surface area contributed by atoms with Crippen molar-refractivity contribution in [1.82, 2.24) is 4.31 Å². The highest BCUT2D eigenvalue weighted by molar-refractivity contribution is 7.89. The summed E-state index contributed by atoms with van der Waals surface area (Å²) < 4.78 is 26.4. The van der Waals surface area contributed by atoms with Crippen LogP contribution in [-0.4, -0.2) is 37.0 Å². The number of benzene rings is 1. The lowest BCUT2D eigenvalue weighted by molar-refractivity contribution is 0.0638. The highest BCUT2D eigenvalue weighted by Gasteiger charge is 2.34. The average Bonchev–Trinajstić information content (AvgIpc) is 2.41. The molecule has 1 N–H and O–H groups in total. The Kier molecular flexibility index (Phi) is 4.97. The molecule has 2 unspecified atom stereocenters. The van der Waals surface area contributed by atoms with Crippen LogP contribution in [-0.2, 0) is 10.0 Å². The maximum atomic E-state index is 12.6. The van der Waals surface area contributed by atoms with Crippen molar-refractivity contribution in [2.75, 3.05) is 7.05 Å². The molecule has 0 bridgehead atoms. The number of nitrogens with zero attached hydrogens (tertiary/aromatic N) is 1. The van der Waals surface area contributed by atoms with E-state index in [-0.39, 0.29) is 16.0 Å². The maximum absolute atomic E-state index is 12.6. The Hall–Kier alpha value is -0.330. The first-order valence-corrected chi connectivity index (χ1v) is 8.65. The number of hydrogen-bond acceptors (Lipinski definition) is 3. The molecule has 0 heterocycles. The fourth-order valence-electron chi connectivity index (χ4n) is 2.50. The molecular formula is C13H17Cl2NO3S. The molecule has 4 nitrogen and oxygen atoms in total. The van der Waals surface area contributed by atoms with Gasteiger partial charge in [0.05, 0.1) is 27.1 Å². The molecule has 112 valence electrons. The minimum absolute atomic E-state index is 0.0900. The summed E-state index contributed by atoms with van der Waals surface area (Å²) in [5.41, 5.74) is 0. The summed E-state index contributed by atoms with van der Waals surface area (Å²) in [4.78, 5) is 0.0900. The smallest absolute Gasteiger partial charge is 0.243 e. The molecule has 0 saturated heterocycles. The number of rotatable bonds is 3. The molecule has 1 aromatic rings. The summed E-state index contributed by atoms with van der Waals surface area (Å²) in [5, 5.41) is 10.5. The first-order valence-electron chi connectivity index (χ1n) is 6.45. The number of likely N-dealkylation sites (N-methyl/N-ethyl adjacent to an activating group) is 1. The van der Waals surface area contributed by atoms with Crippen LogP contribution in [0.2, 0.25) is 10.0 Å². The van der Waals surface area contributed by atoms with Crippen molar-refractivity contribution < 1.29 is 13.5 Å². The van der Waals surface area contributed by atoms with Gasteiger partial charge >= 0.3 is 0 Å². The Balaban J connectivity index is 2.31. The van der Waals surface area contributed by atoms with Crippen molar-refractivity contribution in [2.24, 2.45) is 0 Å². The first-order chi connectivity index (χ1) is 9.34. The van der Waals surface area contributed by atoms with Crippen molar-refractivity contribution in [1.29, 1.82) is 0 Å². The number of sulfonamides is 1. The Morgan fingerprint density at radius 2 is 1.85 bits per heavy atom. The Labute approximate surface area is 129 Å². The van der Waals surface area contributed by atoms with Crippen molar-refractivity contribution in [3.05, 3.63) is 28.2 Å². The van der Waals surface area contributed by atoms with Crippen LogP contribution in [0.3, 0.4) is 0 Å². The monoisotopic (exact) mass is 337 g/mol. The molecule has 1 aliphatic carbocycles. The molecule has 0 aliphatic heterocycles. The molecule has 7 heteroatoms. The lowest BCUT2D eigenvalue weighted by Crippen LogP contribution is -2.46. The van der Waals surface area contributed by atoms with Crippen molar-refractivity contribution >= 4 is 33.2 Å². The standard InChI is InChI=1S/C13H17Cl2NO3S/c1-16(12-4-2-3-5-13(12)17)20(18,19)9-6-7-10(14)11(15)8-9/h6-8,12-13,17H,2-5H2,1H3. The second-order valence-electron chi connectivity index (χ2n) is 5.02. The van der Waals surface area contributed by atoms with Crippen LogP contribution in [0.1, 0.15) is 25.7 Å². The lowest BCUT2D eigenvalue weighted by Gasteiger charge is -2.34. The molecular weight excluding hydrogens is 321 g/mol. The minimum atomic E-state index is -3.68. The normalized spacial score (nSPS) is 24.1. The molecule has 1 aromatic carbocycles. The molecule has 0 radical (unpaired) electrons. The highest BCUT2D eigenvalue weighted by atomic mass is 35.5. The summed E-state index contributed by atoms with van der Waals surface area (Å²) in [6, 6.07) is 3.84. The fourth-order valence-corrected chi connectivity index (χ4v) is 4.30. The van der Waals surface area contributed by atoms with E-state index in [1.165, 1.54) is 29.6 Å². The van der Waals surface area contributed by atoms with Crippen LogP contribution in [0.15, 0.2) is 23.1 Å². The van der Waals surface area contributed by atoms with Crippen LogP contribution in [0.5, 0.6) is 0 Å². The van der Waals surface area contributed by atoms with Gasteiger partial charge in [0.1, 0.15) is 0 Å². The summed E-state index contributed by atoms with van der Waals surface area (Å²) in [7, 11) is -2.18. The van der Waals surface area contributed by atoms with E-state index in [0.29, 0.717) is 17.9 Å². The Morgan fingerprint density at radius 1 is 1.20 bits per heavy atom. The van der Waals surface area contributed by atoms with E-state index < -0.39 is 16.1 Å². The molecule has 1 saturated carbocycles. The third-order valence-corrected chi connectivity index (χ3v) is 6.35. The molecule has 1 fully saturated rings. The summed E-state index contributed by atoms with van der Waals surface area (Å²) in [6.07, 6.45) is 2.53. The van der Waals surface area contributed by atoms with E-state index in [1.807, 2.05) is 0 Å². The summed E-state index contributed by atoms with van der Waals surface area (Å²) in [5.74, 6) is 0. The highest BCUT2D eigenvalue weighted by Crippen LogP contribution is 2.30. The molecule has 2 atom stereocenters. The van der Waals surface area contributed by atoms with Gasteiger partial charge in [0, 0.05) is 7.05 Å². The van der Waals surface area contributed by atoms with Gasteiger partial charge in [-0.15, -0.1) is 0 Å². The number of aliphatic hydroxyl groups excluding tert-OH is 1. The topological polar surface area (TPSA) is 57.6 Å². The van der Waals surface area contributed by atoms with Gasteiger partial charge < -0.3 is 5.11 Å². The van der Waals surface area contributed by atoms with Gasteiger partial charge in [-0.2, -0.15) is 4.31 Å². The van der Waals surface area contributed by atoms with Gasteiger partial charge in [-0.05, 0) is 31.0 Å². The zero-order valence-corrected chi connectivity index (χ0v) is 13.4. The minimum Gasteiger partial charge on any atom is -0.391 e. The van der Waals surface area contributed by atoms with Crippen LogP contribution < -0.4 is 0 Å². The predicted octanol–water partition coefficient (Wildman–Crippen LogP) is 2.92. The zero-order chi connectivity index (χ0) is 14.9. The van der Waals surface area contributed by atoms with Crippen molar-refractivity contribution in [2.45, 2.75) is 42.7 Å². The van der Waals surface area contributed by atoms with E-state index >= 15 is 0 Å². The number of aliphatic hydroxyl groups is 1. The van der Waals surface area contributed by atoms with Crippen molar-refractivity contribution in [3.8, 4) is 0 Å². The van der Waals surface area contributed by atoms with E-state index in [4.69, 9.17) is 23.2 Å². The molecule has 0 spiro atoms. The quantitative estimate of drug-likeness (QED) is 0.922. The lowest BCUT2D eigenvalue weighted by atomic mass is 9.93. The molecule has 0 aromatic heterocycles. The third kappa shape index (κ3) is 3.12. The largest absolute Gasteiger partial charge is 0.391 e. The second-order valence-corrected chi connectivity index (χ2v) is 7.83. The summed E-state index contributed by atoms with van der Waals surface area (Å²) in [6.45, 7) is 0. The maximum Gasteiger partial charge on any atom is 0.243 e. The molecule has 20 heavy (non-hydrogen) atoms. The number of halogens is 2. The van der Waals surface area contributed by atoms with E-state index in [0.717, 1.165) is 12.8 Å².